The molecule has 0 atom stereocenters. The lowest BCUT2D eigenvalue weighted by molar-refractivity contribution is 0.866. The molecule has 1 aromatic carbocycles. The molecule has 13 heavy (non-hydrogen) atoms. The molecule has 1 heteroatoms. The number of hydrogen-bond donors (Lipinski definition) is 1. The Morgan fingerprint density at radius 3 is 2.15 bits per heavy atom. The minimum atomic E-state index is 0.584. The first-order valence-electron chi connectivity index (χ1n) is 4.67. The van der Waals surface area contributed by atoms with E-state index in [0.717, 1.165) is 11.3 Å². The van der Waals surface area contributed by atoms with Crippen molar-refractivity contribution in [3.05, 3.63) is 41.5 Å². The van der Waals surface area contributed by atoms with E-state index in [0.29, 0.717) is 5.92 Å². The molecule has 0 spiro atoms. The van der Waals surface area contributed by atoms with Crippen molar-refractivity contribution in [2.75, 3.05) is 0 Å². The van der Waals surface area contributed by atoms with E-state index in [1.165, 1.54) is 5.56 Å². The fourth-order valence-electron chi connectivity index (χ4n) is 1.23. The van der Waals surface area contributed by atoms with Gasteiger partial charge < -0.3 is 5.73 Å². The van der Waals surface area contributed by atoms with Crippen molar-refractivity contribution < 1.29 is 0 Å². The average Bonchev–Trinajstić information content (AvgIpc) is 2.17. The molecule has 2 N–H and O–H groups in total. The molecule has 1 aromatic rings. The zero-order valence-corrected chi connectivity index (χ0v) is 8.54. The normalized spacial score (nSPS) is 12.2. The second-order valence-electron chi connectivity index (χ2n) is 3.52. The lowest BCUT2D eigenvalue weighted by Crippen LogP contribution is -1.96. The van der Waals surface area contributed by atoms with Crippen molar-refractivity contribution in [3.63, 3.8) is 0 Å². The van der Waals surface area contributed by atoms with Crippen LogP contribution in [-0.2, 0) is 0 Å². The van der Waals surface area contributed by atoms with Crippen LogP contribution in [0.5, 0.6) is 0 Å². The van der Waals surface area contributed by atoms with E-state index in [2.05, 4.69) is 38.1 Å². The lowest BCUT2D eigenvalue weighted by atomic mass is 10.0. The first-order valence-corrected chi connectivity index (χ1v) is 4.67. The molecule has 0 saturated heterocycles. The monoisotopic (exact) mass is 175 g/mol. The second kappa shape index (κ2) is 4.13. The Morgan fingerprint density at radius 2 is 1.77 bits per heavy atom. The smallest absolute Gasteiger partial charge is 0.0344 e. The summed E-state index contributed by atoms with van der Waals surface area (Å²) < 4.78 is 0. The molecule has 0 aliphatic carbocycles. The lowest BCUT2D eigenvalue weighted by Gasteiger charge is -2.06. The van der Waals surface area contributed by atoms with Crippen LogP contribution in [0.2, 0.25) is 0 Å². The summed E-state index contributed by atoms with van der Waals surface area (Å²) in [6.45, 7) is 6.33. The fourth-order valence-corrected chi connectivity index (χ4v) is 1.23. The van der Waals surface area contributed by atoms with Gasteiger partial charge in [0.1, 0.15) is 0 Å². The quantitative estimate of drug-likeness (QED) is 0.734. The molecule has 0 aromatic heterocycles. The molecule has 0 aliphatic rings. The molecule has 0 bridgehead atoms. The first-order chi connectivity index (χ1) is 6.15. The Labute approximate surface area is 80.3 Å². The maximum Gasteiger partial charge on any atom is 0.0344 e. The van der Waals surface area contributed by atoms with E-state index in [1.54, 1.807) is 0 Å². The summed E-state index contributed by atoms with van der Waals surface area (Å²) in [6.07, 6.45) is 1.92. The van der Waals surface area contributed by atoms with Crippen molar-refractivity contribution in [2.45, 2.75) is 26.7 Å². The van der Waals surface area contributed by atoms with Crippen molar-refractivity contribution >= 4 is 5.70 Å². The highest BCUT2D eigenvalue weighted by Gasteiger charge is 1.99. The molecule has 0 heterocycles. The molecule has 0 unspecified atom stereocenters. The predicted molar refractivity (Wildman–Crippen MR) is 58.4 cm³/mol. The molecular weight excluding hydrogens is 158 g/mol. The zero-order valence-electron chi connectivity index (χ0n) is 8.54. The van der Waals surface area contributed by atoms with E-state index in [9.17, 15) is 0 Å². The standard InChI is InChI=1S/C12H17N/c1-4-12(13)11-7-5-10(6-8-11)9(2)3/h4-9H,13H2,1-3H3/b12-4-. The summed E-state index contributed by atoms with van der Waals surface area (Å²) in [5.74, 6) is 0.584. The van der Waals surface area contributed by atoms with Crippen LogP contribution >= 0.6 is 0 Å². The minimum absolute atomic E-state index is 0.584. The van der Waals surface area contributed by atoms with Crippen molar-refractivity contribution in [1.29, 1.82) is 0 Å². The topological polar surface area (TPSA) is 26.0 Å². The number of benzene rings is 1. The van der Waals surface area contributed by atoms with E-state index in [1.807, 2.05) is 13.0 Å². The Bertz CT molecular complexity index is 293. The maximum absolute atomic E-state index is 5.78. The molecule has 1 rings (SSSR count). The average molecular weight is 175 g/mol. The summed E-state index contributed by atoms with van der Waals surface area (Å²) in [4.78, 5) is 0. The van der Waals surface area contributed by atoms with Gasteiger partial charge in [-0.05, 0) is 24.0 Å². The van der Waals surface area contributed by atoms with Gasteiger partial charge in [-0.25, -0.2) is 0 Å². The van der Waals surface area contributed by atoms with Crippen molar-refractivity contribution in [2.24, 2.45) is 5.73 Å². The SMILES string of the molecule is C/C=C(\N)c1ccc(C(C)C)cc1. The van der Waals surface area contributed by atoms with Gasteiger partial charge in [-0.3, -0.25) is 0 Å². The molecule has 0 radical (unpaired) electrons. The van der Waals surface area contributed by atoms with Crippen molar-refractivity contribution in [3.8, 4) is 0 Å². The maximum atomic E-state index is 5.78. The Hall–Kier alpha value is -1.24. The number of rotatable bonds is 2. The Balaban J connectivity index is 2.94. The third-order valence-electron chi connectivity index (χ3n) is 2.22. The fraction of sp³-hybridized carbons (Fsp3) is 0.333. The van der Waals surface area contributed by atoms with E-state index in [4.69, 9.17) is 5.73 Å². The number of nitrogens with two attached hydrogens (primary N) is 1. The van der Waals surface area contributed by atoms with Crippen molar-refractivity contribution in [1.82, 2.24) is 0 Å². The van der Waals surface area contributed by atoms with Crippen LogP contribution in [0.1, 0.15) is 37.8 Å². The van der Waals surface area contributed by atoms with Gasteiger partial charge in [0.2, 0.25) is 0 Å². The second-order valence-corrected chi connectivity index (χ2v) is 3.52. The molecule has 0 fully saturated rings. The number of allylic oxidation sites excluding steroid dienone is 1. The largest absolute Gasteiger partial charge is 0.399 e. The molecule has 0 saturated carbocycles. The van der Waals surface area contributed by atoms with E-state index in [-0.39, 0.29) is 0 Å². The zero-order chi connectivity index (χ0) is 9.84. The third kappa shape index (κ3) is 2.35. The summed E-state index contributed by atoms with van der Waals surface area (Å²) in [5, 5.41) is 0. The van der Waals surface area contributed by atoms with Gasteiger partial charge in [-0.2, -0.15) is 0 Å². The summed E-state index contributed by atoms with van der Waals surface area (Å²) in [6, 6.07) is 8.42. The Morgan fingerprint density at radius 1 is 1.23 bits per heavy atom. The van der Waals surface area contributed by atoms with Gasteiger partial charge in [0, 0.05) is 5.70 Å². The molecule has 0 amide bonds. The highest BCUT2D eigenvalue weighted by molar-refractivity contribution is 5.62. The van der Waals surface area contributed by atoms with Crippen LogP contribution in [-0.4, -0.2) is 0 Å². The van der Waals surface area contributed by atoms with Gasteiger partial charge in [0.05, 0.1) is 0 Å². The predicted octanol–water partition coefficient (Wildman–Crippen LogP) is 3.13. The molecule has 0 aliphatic heterocycles. The van der Waals surface area contributed by atoms with Crippen LogP contribution in [0.25, 0.3) is 5.70 Å². The first kappa shape index (κ1) is 9.85. The van der Waals surface area contributed by atoms with Crippen LogP contribution in [0.3, 0.4) is 0 Å². The summed E-state index contributed by atoms with van der Waals surface area (Å²) in [7, 11) is 0. The minimum Gasteiger partial charge on any atom is -0.399 e. The Kier molecular flexibility index (Phi) is 3.13. The number of hydrogen-bond acceptors (Lipinski definition) is 1. The van der Waals surface area contributed by atoms with E-state index < -0.39 is 0 Å². The van der Waals surface area contributed by atoms with Gasteiger partial charge in [-0.1, -0.05) is 44.2 Å². The highest BCUT2D eigenvalue weighted by atomic mass is 14.6. The molecule has 70 valence electrons. The van der Waals surface area contributed by atoms with Gasteiger partial charge in [-0.15, -0.1) is 0 Å². The van der Waals surface area contributed by atoms with Crippen LogP contribution in [0.4, 0.5) is 0 Å². The summed E-state index contributed by atoms with van der Waals surface area (Å²) in [5.41, 5.74) is 9.08. The van der Waals surface area contributed by atoms with Crippen LogP contribution in [0.15, 0.2) is 30.3 Å². The van der Waals surface area contributed by atoms with E-state index >= 15 is 0 Å². The van der Waals surface area contributed by atoms with Gasteiger partial charge >= 0.3 is 0 Å². The van der Waals surface area contributed by atoms with Crippen LogP contribution in [0, 0.1) is 0 Å². The van der Waals surface area contributed by atoms with Crippen LogP contribution < -0.4 is 5.73 Å². The third-order valence-corrected chi connectivity index (χ3v) is 2.22. The van der Waals surface area contributed by atoms with Gasteiger partial charge in [0.25, 0.3) is 0 Å². The molecular formula is C12H17N. The highest BCUT2D eigenvalue weighted by Crippen LogP contribution is 2.16. The summed E-state index contributed by atoms with van der Waals surface area (Å²) >= 11 is 0. The molecule has 1 nitrogen and oxygen atoms in total. The van der Waals surface area contributed by atoms with Gasteiger partial charge in [0.15, 0.2) is 0 Å².